The van der Waals surface area contributed by atoms with Crippen LogP contribution in [0.2, 0.25) is 0 Å². The summed E-state index contributed by atoms with van der Waals surface area (Å²) in [4.78, 5) is 22.6. The number of aromatic carboxylic acids is 1. The minimum Gasteiger partial charge on any atom is -0.475 e. The normalized spacial score (nSPS) is 10.4. The third-order valence-electron chi connectivity index (χ3n) is 2.79. The van der Waals surface area contributed by atoms with Gasteiger partial charge in [-0.25, -0.2) is 4.79 Å². The molecule has 0 fully saturated rings. The van der Waals surface area contributed by atoms with E-state index in [1.807, 2.05) is 30.3 Å². The maximum atomic E-state index is 11.6. The van der Waals surface area contributed by atoms with Gasteiger partial charge in [-0.05, 0) is 12.5 Å². The van der Waals surface area contributed by atoms with Crippen LogP contribution in [-0.2, 0) is 18.0 Å². The number of carboxylic acids is 1. The summed E-state index contributed by atoms with van der Waals surface area (Å²) in [5, 5.41) is 8.94. The molecule has 0 saturated carbocycles. The van der Waals surface area contributed by atoms with Gasteiger partial charge in [-0.2, -0.15) is 0 Å². The zero-order chi connectivity index (χ0) is 14.5. The van der Waals surface area contributed by atoms with E-state index in [1.54, 1.807) is 0 Å². The molecule has 5 heteroatoms. The second-order valence-electron chi connectivity index (χ2n) is 4.31. The van der Waals surface area contributed by atoms with Crippen LogP contribution in [0.5, 0.6) is 0 Å². The minimum atomic E-state index is -1.26. The van der Waals surface area contributed by atoms with Crippen molar-refractivity contribution in [2.45, 2.75) is 20.1 Å². The zero-order valence-electron chi connectivity index (χ0n) is 11.0. The van der Waals surface area contributed by atoms with Crippen molar-refractivity contribution in [3.05, 3.63) is 69.3 Å². The standard InChI is InChI=1S/C15H14O5/c1-10-13(16)7-12(20-14(10)15(17)18)9-19-8-11-5-3-2-4-6-11/h2-7H,8-9H2,1H3,(H,17,18). The van der Waals surface area contributed by atoms with E-state index in [0.29, 0.717) is 6.61 Å². The molecule has 0 aliphatic rings. The van der Waals surface area contributed by atoms with Gasteiger partial charge >= 0.3 is 5.97 Å². The molecule has 20 heavy (non-hydrogen) atoms. The van der Waals surface area contributed by atoms with Crippen LogP contribution in [-0.4, -0.2) is 11.1 Å². The Labute approximate surface area is 115 Å². The number of rotatable bonds is 5. The molecule has 0 saturated heterocycles. The lowest BCUT2D eigenvalue weighted by Gasteiger charge is -2.06. The fraction of sp³-hybridized carbons (Fsp3) is 0.200. The van der Waals surface area contributed by atoms with E-state index in [9.17, 15) is 9.59 Å². The molecule has 1 aromatic heterocycles. The van der Waals surface area contributed by atoms with Gasteiger partial charge in [0.1, 0.15) is 12.4 Å². The SMILES string of the molecule is Cc1c(C(=O)O)oc(COCc2ccccc2)cc1=O. The molecule has 0 aliphatic carbocycles. The highest BCUT2D eigenvalue weighted by Gasteiger charge is 2.14. The molecule has 0 unspecified atom stereocenters. The van der Waals surface area contributed by atoms with Crippen LogP contribution in [0.15, 0.2) is 45.6 Å². The second-order valence-corrected chi connectivity index (χ2v) is 4.31. The summed E-state index contributed by atoms with van der Waals surface area (Å²) < 4.78 is 10.6. The third kappa shape index (κ3) is 3.33. The Kier molecular flexibility index (Phi) is 4.32. The van der Waals surface area contributed by atoms with Crippen molar-refractivity contribution in [2.75, 3.05) is 0 Å². The molecule has 0 amide bonds. The molecule has 104 valence electrons. The first-order chi connectivity index (χ1) is 9.58. The Morgan fingerprint density at radius 1 is 1.25 bits per heavy atom. The summed E-state index contributed by atoms with van der Waals surface area (Å²) in [6.07, 6.45) is 0. The van der Waals surface area contributed by atoms with Crippen LogP contribution in [0.3, 0.4) is 0 Å². The Bertz CT molecular complexity index is 658. The lowest BCUT2D eigenvalue weighted by Crippen LogP contribution is -2.13. The highest BCUT2D eigenvalue weighted by molar-refractivity contribution is 5.85. The molecule has 1 heterocycles. The lowest BCUT2D eigenvalue weighted by atomic mass is 10.2. The fourth-order valence-electron chi connectivity index (χ4n) is 1.72. The number of benzene rings is 1. The van der Waals surface area contributed by atoms with E-state index >= 15 is 0 Å². The highest BCUT2D eigenvalue weighted by Crippen LogP contribution is 2.09. The molecule has 0 spiro atoms. The molecular formula is C15H14O5. The van der Waals surface area contributed by atoms with Gasteiger partial charge in [0.2, 0.25) is 5.76 Å². The quantitative estimate of drug-likeness (QED) is 0.905. The summed E-state index contributed by atoms with van der Waals surface area (Å²) in [5.41, 5.74) is 0.705. The van der Waals surface area contributed by atoms with E-state index < -0.39 is 5.97 Å². The summed E-state index contributed by atoms with van der Waals surface area (Å²) in [6, 6.07) is 10.8. The molecular weight excluding hydrogens is 260 g/mol. The largest absolute Gasteiger partial charge is 0.475 e. The van der Waals surface area contributed by atoms with Gasteiger partial charge in [0, 0.05) is 11.6 Å². The van der Waals surface area contributed by atoms with Crippen molar-refractivity contribution in [1.29, 1.82) is 0 Å². The van der Waals surface area contributed by atoms with Gasteiger partial charge in [-0.3, -0.25) is 4.79 Å². The smallest absolute Gasteiger partial charge is 0.372 e. The summed E-state index contributed by atoms with van der Waals surface area (Å²) in [7, 11) is 0. The molecule has 1 aromatic carbocycles. The summed E-state index contributed by atoms with van der Waals surface area (Å²) >= 11 is 0. The maximum Gasteiger partial charge on any atom is 0.372 e. The van der Waals surface area contributed by atoms with Crippen molar-refractivity contribution in [1.82, 2.24) is 0 Å². The van der Waals surface area contributed by atoms with Crippen molar-refractivity contribution in [3.8, 4) is 0 Å². The molecule has 2 aromatic rings. The number of hydrogen-bond acceptors (Lipinski definition) is 4. The average Bonchev–Trinajstić information content (AvgIpc) is 2.43. The Morgan fingerprint density at radius 3 is 2.60 bits per heavy atom. The van der Waals surface area contributed by atoms with E-state index in [1.165, 1.54) is 13.0 Å². The number of carboxylic acid groups (broad SMARTS) is 1. The van der Waals surface area contributed by atoms with Crippen LogP contribution in [0.1, 0.15) is 27.4 Å². The van der Waals surface area contributed by atoms with Gasteiger partial charge in [0.25, 0.3) is 0 Å². The number of hydrogen-bond donors (Lipinski definition) is 1. The molecule has 1 N–H and O–H groups in total. The van der Waals surface area contributed by atoms with Gasteiger partial charge in [0.05, 0.1) is 6.61 Å². The molecule has 5 nitrogen and oxygen atoms in total. The Hall–Kier alpha value is -2.40. The van der Waals surface area contributed by atoms with Crippen molar-refractivity contribution in [2.24, 2.45) is 0 Å². The first-order valence-electron chi connectivity index (χ1n) is 6.06. The summed E-state index contributed by atoms with van der Waals surface area (Å²) in [6.45, 7) is 1.83. The predicted molar refractivity (Wildman–Crippen MR) is 71.6 cm³/mol. The zero-order valence-corrected chi connectivity index (χ0v) is 11.0. The Morgan fingerprint density at radius 2 is 1.95 bits per heavy atom. The molecule has 0 radical (unpaired) electrons. The van der Waals surface area contributed by atoms with E-state index in [0.717, 1.165) is 5.56 Å². The predicted octanol–water partition coefficient (Wildman–Crippen LogP) is 2.36. The first kappa shape index (κ1) is 14.0. The maximum absolute atomic E-state index is 11.6. The van der Waals surface area contributed by atoms with Crippen LogP contribution in [0.4, 0.5) is 0 Å². The second kappa shape index (κ2) is 6.16. The van der Waals surface area contributed by atoms with E-state index in [4.69, 9.17) is 14.3 Å². The molecule has 0 aliphatic heterocycles. The number of ether oxygens (including phenoxy) is 1. The fourth-order valence-corrected chi connectivity index (χ4v) is 1.72. The molecule has 2 rings (SSSR count). The van der Waals surface area contributed by atoms with Crippen LogP contribution >= 0.6 is 0 Å². The summed E-state index contributed by atoms with van der Waals surface area (Å²) in [5.74, 6) is -1.39. The van der Waals surface area contributed by atoms with Gasteiger partial charge in [-0.1, -0.05) is 30.3 Å². The van der Waals surface area contributed by atoms with Crippen LogP contribution in [0.25, 0.3) is 0 Å². The van der Waals surface area contributed by atoms with Crippen molar-refractivity contribution in [3.63, 3.8) is 0 Å². The van der Waals surface area contributed by atoms with Crippen LogP contribution < -0.4 is 5.43 Å². The molecule has 0 atom stereocenters. The van der Waals surface area contributed by atoms with Gasteiger partial charge in [-0.15, -0.1) is 0 Å². The van der Waals surface area contributed by atoms with Crippen molar-refractivity contribution >= 4 is 5.97 Å². The third-order valence-corrected chi connectivity index (χ3v) is 2.79. The van der Waals surface area contributed by atoms with Crippen molar-refractivity contribution < 1.29 is 19.1 Å². The van der Waals surface area contributed by atoms with E-state index in [-0.39, 0.29) is 29.1 Å². The van der Waals surface area contributed by atoms with Gasteiger partial charge in [0.15, 0.2) is 5.43 Å². The average molecular weight is 274 g/mol. The highest BCUT2D eigenvalue weighted by atomic mass is 16.5. The molecule has 0 bridgehead atoms. The monoisotopic (exact) mass is 274 g/mol. The lowest BCUT2D eigenvalue weighted by molar-refractivity contribution is 0.0629. The number of carbonyl (C=O) groups is 1. The topological polar surface area (TPSA) is 76.7 Å². The van der Waals surface area contributed by atoms with E-state index in [2.05, 4.69) is 0 Å². The Balaban J connectivity index is 2.07. The minimum absolute atomic E-state index is 0.0463. The van der Waals surface area contributed by atoms with Gasteiger partial charge < -0.3 is 14.3 Å². The first-order valence-corrected chi connectivity index (χ1v) is 6.06. The van der Waals surface area contributed by atoms with Crippen LogP contribution in [0, 0.1) is 6.92 Å².